The maximum absolute atomic E-state index is 12.2. The molecule has 23 heavy (non-hydrogen) atoms. The van der Waals surface area contributed by atoms with Gasteiger partial charge in [-0.15, -0.1) is 11.3 Å². The molecule has 0 radical (unpaired) electrons. The largest absolute Gasteiger partial charge is 0.383 e. The molecule has 0 bridgehead atoms. The molecule has 0 saturated heterocycles. The summed E-state index contributed by atoms with van der Waals surface area (Å²) in [6.07, 6.45) is 1.60. The zero-order valence-electron chi connectivity index (χ0n) is 11.9. The van der Waals surface area contributed by atoms with Crippen molar-refractivity contribution in [1.29, 1.82) is 5.26 Å². The van der Waals surface area contributed by atoms with E-state index in [1.54, 1.807) is 30.5 Å². The molecule has 3 aromatic rings. The number of nitrogens with two attached hydrogens (primary N) is 1. The average molecular weight is 321 g/mol. The molecule has 0 aliphatic heterocycles. The van der Waals surface area contributed by atoms with Crippen molar-refractivity contribution < 1.29 is 0 Å². The van der Waals surface area contributed by atoms with Gasteiger partial charge in [-0.05, 0) is 23.6 Å². The lowest BCUT2D eigenvalue weighted by atomic mass is 10.3. The normalized spacial score (nSPS) is 10.7. The molecule has 2 N–H and O–H groups in total. The molecule has 0 spiro atoms. The minimum absolute atomic E-state index is 0.0838. The molecule has 0 atom stereocenters. The van der Waals surface area contributed by atoms with Gasteiger partial charge in [0.1, 0.15) is 17.6 Å². The van der Waals surface area contributed by atoms with Crippen LogP contribution < -0.4 is 11.4 Å². The number of nitriles is 1. The second-order valence-corrected chi connectivity index (χ2v) is 5.51. The summed E-state index contributed by atoms with van der Waals surface area (Å²) in [5.41, 5.74) is 6.15. The molecular weight excluding hydrogens is 310 g/mol. The Morgan fingerprint density at radius 2 is 2.04 bits per heavy atom. The number of nitrogens with zero attached hydrogens (tertiary/aromatic N) is 4. The van der Waals surface area contributed by atoms with Crippen LogP contribution in [-0.2, 0) is 0 Å². The van der Waals surface area contributed by atoms with Gasteiger partial charge in [0.15, 0.2) is 5.69 Å². The predicted molar refractivity (Wildman–Crippen MR) is 90.5 cm³/mol. The van der Waals surface area contributed by atoms with Crippen LogP contribution in [-0.4, -0.2) is 15.8 Å². The van der Waals surface area contributed by atoms with Crippen LogP contribution in [0.3, 0.4) is 0 Å². The smallest absolute Gasteiger partial charge is 0.355 e. The van der Waals surface area contributed by atoms with Gasteiger partial charge in [-0.3, -0.25) is 0 Å². The Labute approximate surface area is 135 Å². The van der Waals surface area contributed by atoms with Crippen molar-refractivity contribution in [3.8, 4) is 11.8 Å². The fourth-order valence-electron chi connectivity index (χ4n) is 2.05. The molecular formula is C16H11N5OS. The minimum Gasteiger partial charge on any atom is -0.383 e. The molecule has 0 amide bonds. The molecule has 0 fully saturated rings. The summed E-state index contributed by atoms with van der Waals surface area (Å²) in [6, 6.07) is 14.5. The molecule has 0 aliphatic carbocycles. The van der Waals surface area contributed by atoms with E-state index in [4.69, 9.17) is 5.73 Å². The Balaban J connectivity index is 2.19. The highest BCUT2D eigenvalue weighted by atomic mass is 32.1. The number of hydrogen-bond donors (Lipinski definition) is 1. The summed E-state index contributed by atoms with van der Waals surface area (Å²) in [5, 5.41) is 11.1. The van der Waals surface area contributed by atoms with Gasteiger partial charge in [0.05, 0.1) is 5.69 Å². The quantitative estimate of drug-likeness (QED) is 0.749. The summed E-state index contributed by atoms with van der Waals surface area (Å²) >= 11 is 1.50. The van der Waals surface area contributed by atoms with Crippen molar-refractivity contribution in [2.24, 2.45) is 4.99 Å². The topological polar surface area (TPSA) is 97.1 Å². The summed E-state index contributed by atoms with van der Waals surface area (Å²) in [4.78, 5) is 21.1. The van der Waals surface area contributed by atoms with E-state index in [1.807, 2.05) is 29.6 Å². The Kier molecular flexibility index (Phi) is 3.99. The zero-order chi connectivity index (χ0) is 16.2. The maximum atomic E-state index is 12.2. The molecule has 1 aromatic carbocycles. The first-order chi connectivity index (χ1) is 11.2. The van der Waals surface area contributed by atoms with Gasteiger partial charge < -0.3 is 5.73 Å². The van der Waals surface area contributed by atoms with Crippen molar-refractivity contribution in [2.45, 2.75) is 0 Å². The molecule has 0 unspecified atom stereocenters. The molecule has 2 aromatic heterocycles. The number of para-hydroxylation sites is 1. The Morgan fingerprint density at radius 1 is 1.26 bits per heavy atom. The summed E-state index contributed by atoms with van der Waals surface area (Å²) < 4.78 is 1.24. The van der Waals surface area contributed by atoms with E-state index < -0.39 is 5.69 Å². The highest BCUT2D eigenvalue weighted by Crippen LogP contribution is 2.25. The van der Waals surface area contributed by atoms with E-state index in [1.165, 1.54) is 15.9 Å². The molecule has 2 heterocycles. The zero-order valence-corrected chi connectivity index (χ0v) is 12.7. The number of thiophene rings is 1. The summed E-state index contributed by atoms with van der Waals surface area (Å²) in [5.74, 6) is 0.0838. The van der Waals surface area contributed by atoms with Gasteiger partial charge in [0, 0.05) is 11.1 Å². The van der Waals surface area contributed by atoms with Crippen LogP contribution in [0.15, 0.2) is 57.6 Å². The van der Waals surface area contributed by atoms with Crippen LogP contribution in [0.5, 0.6) is 0 Å². The lowest BCUT2D eigenvalue weighted by molar-refractivity contribution is 0.918. The number of aliphatic imine (C=N–C) groups is 1. The Morgan fingerprint density at radius 3 is 2.70 bits per heavy atom. The number of rotatable bonds is 3. The molecule has 112 valence electrons. The second kappa shape index (κ2) is 6.25. The molecule has 6 nitrogen and oxygen atoms in total. The standard InChI is InChI=1S/C16H11N5OS/c17-9-13-14(19-10-12-7-4-8-23-12)15(18)21(16(22)20-13)11-5-2-1-3-6-11/h1-8,10H,18H2. The van der Waals surface area contributed by atoms with Gasteiger partial charge in [0.2, 0.25) is 0 Å². The third-order valence-corrected chi connectivity index (χ3v) is 3.90. The van der Waals surface area contributed by atoms with Crippen LogP contribution in [0.25, 0.3) is 5.69 Å². The third kappa shape index (κ3) is 2.88. The fourth-order valence-corrected chi connectivity index (χ4v) is 2.64. The van der Waals surface area contributed by atoms with Crippen molar-refractivity contribution in [3.05, 3.63) is 68.9 Å². The molecule has 7 heteroatoms. The van der Waals surface area contributed by atoms with Crippen LogP contribution in [0.4, 0.5) is 11.5 Å². The van der Waals surface area contributed by atoms with Crippen LogP contribution in [0.1, 0.15) is 10.6 Å². The van der Waals surface area contributed by atoms with Crippen LogP contribution in [0, 0.1) is 11.3 Å². The maximum Gasteiger partial charge on any atom is 0.355 e. The molecule has 3 rings (SSSR count). The van der Waals surface area contributed by atoms with Crippen molar-refractivity contribution >= 4 is 29.1 Å². The van der Waals surface area contributed by atoms with E-state index in [9.17, 15) is 10.1 Å². The number of benzene rings is 1. The highest BCUT2D eigenvalue weighted by Gasteiger charge is 2.15. The monoisotopic (exact) mass is 321 g/mol. The lowest BCUT2D eigenvalue weighted by Crippen LogP contribution is -2.25. The predicted octanol–water partition coefficient (Wildman–Crippen LogP) is 2.50. The Bertz CT molecular complexity index is 953. The van der Waals surface area contributed by atoms with Gasteiger partial charge >= 0.3 is 5.69 Å². The second-order valence-electron chi connectivity index (χ2n) is 4.53. The number of anilines is 1. The summed E-state index contributed by atoms with van der Waals surface area (Å²) in [6.45, 7) is 0. The van der Waals surface area contributed by atoms with E-state index in [0.29, 0.717) is 5.69 Å². The average Bonchev–Trinajstić information content (AvgIpc) is 3.08. The fraction of sp³-hybridized carbons (Fsp3) is 0. The first-order valence-corrected chi connectivity index (χ1v) is 7.54. The highest BCUT2D eigenvalue weighted by molar-refractivity contribution is 7.11. The van der Waals surface area contributed by atoms with E-state index in [-0.39, 0.29) is 17.2 Å². The van der Waals surface area contributed by atoms with E-state index in [0.717, 1.165) is 4.88 Å². The van der Waals surface area contributed by atoms with E-state index >= 15 is 0 Å². The van der Waals surface area contributed by atoms with Crippen molar-refractivity contribution in [1.82, 2.24) is 9.55 Å². The Hall–Kier alpha value is -3.24. The SMILES string of the molecule is N#Cc1nc(=O)n(-c2ccccc2)c(N)c1N=Cc1cccs1. The number of nitrogen functional groups attached to an aromatic ring is 1. The van der Waals surface area contributed by atoms with Gasteiger partial charge in [-0.25, -0.2) is 14.4 Å². The minimum atomic E-state index is -0.611. The van der Waals surface area contributed by atoms with Crippen molar-refractivity contribution in [2.75, 3.05) is 5.73 Å². The van der Waals surface area contributed by atoms with E-state index in [2.05, 4.69) is 9.98 Å². The summed E-state index contributed by atoms with van der Waals surface area (Å²) in [7, 11) is 0. The van der Waals surface area contributed by atoms with Gasteiger partial charge in [0.25, 0.3) is 0 Å². The van der Waals surface area contributed by atoms with Gasteiger partial charge in [-0.1, -0.05) is 24.3 Å². The van der Waals surface area contributed by atoms with Crippen molar-refractivity contribution in [3.63, 3.8) is 0 Å². The lowest BCUT2D eigenvalue weighted by Gasteiger charge is -2.11. The first kappa shape index (κ1) is 14.7. The molecule has 0 saturated carbocycles. The van der Waals surface area contributed by atoms with Gasteiger partial charge in [-0.2, -0.15) is 10.2 Å². The third-order valence-electron chi connectivity index (χ3n) is 3.09. The molecule has 0 aliphatic rings. The van der Waals surface area contributed by atoms with Crippen LogP contribution >= 0.6 is 11.3 Å². The first-order valence-electron chi connectivity index (χ1n) is 6.66. The number of aromatic nitrogens is 2. The van der Waals surface area contributed by atoms with Crippen LogP contribution in [0.2, 0.25) is 0 Å². The number of hydrogen-bond acceptors (Lipinski definition) is 6.